The summed E-state index contributed by atoms with van der Waals surface area (Å²) >= 11 is 3.37. The minimum atomic E-state index is -0.522. The highest BCUT2D eigenvalue weighted by Gasteiger charge is 2.17. The third kappa shape index (κ3) is 3.30. The lowest BCUT2D eigenvalue weighted by molar-refractivity contribution is -0.124. The van der Waals surface area contributed by atoms with Crippen LogP contribution in [-0.2, 0) is 4.79 Å². The number of benzene rings is 1. The van der Waals surface area contributed by atoms with Gasteiger partial charge >= 0.3 is 0 Å². The summed E-state index contributed by atoms with van der Waals surface area (Å²) in [5, 5.41) is 14.8. The molecular weight excluding hydrogens is 322 g/mol. The monoisotopic (exact) mass is 335 g/mol. The van der Waals surface area contributed by atoms with Crippen LogP contribution in [0.2, 0.25) is 0 Å². The molecule has 104 valence electrons. The molecular formula is C13H14BrN5O. The summed E-state index contributed by atoms with van der Waals surface area (Å²) in [7, 11) is 0. The van der Waals surface area contributed by atoms with Crippen LogP contribution >= 0.6 is 15.9 Å². The van der Waals surface area contributed by atoms with Gasteiger partial charge in [0.15, 0.2) is 0 Å². The van der Waals surface area contributed by atoms with E-state index in [1.54, 1.807) is 13.0 Å². The highest BCUT2D eigenvalue weighted by atomic mass is 79.9. The van der Waals surface area contributed by atoms with Gasteiger partial charge in [0.2, 0.25) is 11.7 Å². The Hall–Kier alpha value is -2.02. The van der Waals surface area contributed by atoms with E-state index in [0.717, 1.165) is 10.0 Å². The molecule has 1 aromatic heterocycles. The zero-order valence-corrected chi connectivity index (χ0v) is 12.5. The molecule has 1 aromatic carbocycles. The van der Waals surface area contributed by atoms with Crippen LogP contribution in [0.15, 0.2) is 41.4 Å². The van der Waals surface area contributed by atoms with Gasteiger partial charge in [-0.15, -0.1) is 16.8 Å². The molecule has 1 unspecified atom stereocenters. The lowest BCUT2D eigenvalue weighted by Gasteiger charge is -2.08. The van der Waals surface area contributed by atoms with E-state index >= 15 is 0 Å². The van der Waals surface area contributed by atoms with Gasteiger partial charge in [-0.3, -0.25) is 4.79 Å². The number of halogens is 1. The Kier molecular flexibility index (Phi) is 4.62. The quantitative estimate of drug-likeness (QED) is 0.848. The zero-order valence-electron chi connectivity index (χ0n) is 11.0. The highest BCUT2D eigenvalue weighted by Crippen LogP contribution is 2.18. The van der Waals surface area contributed by atoms with Crippen molar-refractivity contribution in [1.29, 1.82) is 0 Å². The van der Waals surface area contributed by atoms with E-state index in [1.807, 2.05) is 24.3 Å². The second-order valence-electron chi connectivity index (χ2n) is 4.15. The molecule has 0 saturated carbocycles. The average molecular weight is 336 g/mol. The first-order chi connectivity index (χ1) is 9.61. The largest absolute Gasteiger partial charge is 0.351 e. The van der Waals surface area contributed by atoms with Gasteiger partial charge in [0.1, 0.15) is 6.04 Å². The van der Waals surface area contributed by atoms with Crippen LogP contribution in [0, 0.1) is 0 Å². The average Bonchev–Trinajstić information content (AvgIpc) is 2.94. The summed E-state index contributed by atoms with van der Waals surface area (Å²) in [6, 6.07) is 7.04. The molecule has 6 nitrogen and oxygen atoms in total. The molecule has 0 radical (unpaired) electrons. The standard InChI is InChI=1S/C13H14BrN5O/c1-3-8-15-13(20)9(2)19-17-12(16-18-19)10-4-6-11(14)7-5-10/h3-7,9H,1,8H2,2H3,(H,15,20). The van der Waals surface area contributed by atoms with Gasteiger partial charge in [-0.2, -0.15) is 4.80 Å². The van der Waals surface area contributed by atoms with E-state index in [2.05, 4.69) is 43.2 Å². The number of nitrogens with one attached hydrogen (secondary N) is 1. The minimum Gasteiger partial charge on any atom is -0.351 e. The molecule has 1 atom stereocenters. The Morgan fingerprint density at radius 2 is 2.20 bits per heavy atom. The molecule has 1 N–H and O–H groups in total. The van der Waals surface area contributed by atoms with Crippen molar-refractivity contribution >= 4 is 21.8 Å². The van der Waals surface area contributed by atoms with Crippen molar-refractivity contribution in [3.8, 4) is 11.4 Å². The summed E-state index contributed by atoms with van der Waals surface area (Å²) in [6.45, 7) is 5.67. The summed E-state index contributed by atoms with van der Waals surface area (Å²) < 4.78 is 0.978. The fourth-order valence-corrected chi connectivity index (χ4v) is 1.79. The van der Waals surface area contributed by atoms with Gasteiger partial charge in [-0.05, 0) is 36.4 Å². The smallest absolute Gasteiger partial charge is 0.246 e. The third-order valence-corrected chi connectivity index (χ3v) is 3.21. The fourth-order valence-electron chi connectivity index (χ4n) is 1.53. The van der Waals surface area contributed by atoms with Gasteiger partial charge in [-0.25, -0.2) is 0 Å². The molecule has 0 saturated heterocycles. The summed E-state index contributed by atoms with van der Waals surface area (Å²) in [4.78, 5) is 13.1. The number of amides is 1. The van der Waals surface area contributed by atoms with Crippen molar-refractivity contribution < 1.29 is 4.79 Å². The molecule has 7 heteroatoms. The van der Waals surface area contributed by atoms with Gasteiger partial charge in [0.25, 0.3) is 0 Å². The molecule has 0 aliphatic carbocycles. The first-order valence-corrected chi connectivity index (χ1v) is 6.85. The fraction of sp³-hybridized carbons (Fsp3) is 0.231. The van der Waals surface area contributed by atoms with Crippen molar-refractivity contribution in [2.75, 3.05) is 6.54 Å². The maximum atomic E-state index is 11.8. The molecule has 2 rings (SSSR count). The zero-order chi connectivity index (χ0) is 14.5. The SMILES string of the molecule is C=CCNC(=O)C(C)n1nnc(-c2ccc(Br)cc2)n1. The van der Waals surface area contributed by atoms with Crippen LogP contribution < -0.4 is 5.32 Å². The van der Waals surface area contributed by atoms with E-state index in [-0.39, 0.29) is 5.91 Å². The number of hydrogen-bond donors (Lipinski definition) is 1. The maximum absolute atomic E-state index is 11.8. The first kappa shape index (κ1) is 14.4. The van der Waals surface area contributed by atoms with Gasteiger partial charge in [0, 0.05) is 16.6 Å². The molecule has 0 aliphatic rings. The number of carbonyl (C=O) groups is 1. The van der Waals surface area contributed by atoms with Crippen molar-refractivity contribution in [3.05, 3.63) is 41.4 Å². The molecule has 20 heavy (non-hydrogen) atoms. The van der Waals surface area contributed by atoms with Crippen LogP contribution in [0.3, 0.4) is 0 Å². The van der Waals surface area contributed by atoms with Crippen LogP contribution in [0.4, 0.5) is 0 Å². The van der Waals surface area contributed by atoms with E-state index < -0.39 is 6.04 Å². The summed E-state index contributed by atoms with van der Waals surface area (Å²) in [6.07, 6.45) is 1.62. The predicted molar refractivity (Wildman–Crippen MR) is 78.9 cm³/mol. The number of tetrazole rings is 1. The van der Waals surface area contributed by atoms with Crippen molar-refractivity contribution in [1.82, 2.24) is 25.5 Å². The number of carbonyl (C=O) groups excluding carboxylic acids is 1. The number of hydrogen-bond acceptors (Lipinski definition) is 4. The molecule has 0 aliphatic heterocycles. The van der Waals surface area contributed by atoms with Gasteiger partial charge < -0.3 is 5.32 Å². The lowest BCUT2D eigenvalue weighted by Crippen LogP contribution is -2.32. The Morgan fingerprint density at radius 1 is 1.50 bits per heavy atom. The molecule has 1 amide bonds. The number of rotatable bonds is 5. The molecule has 0 bridgehead atoms. The molecule has 0 spiro atoms. The lowest BCUT2D eigenvalue weighted by atomic mass is 10.2. The Bertz CT molecular complexity index is 607. The van der Waals surface area contributed by atoms with Crippen LogP contribution in [0.5, 0.6) is 0 Å². The summed E-state index contributed by atoms with van der Waals surface area (Å²) in [5.41, 5.74) is 0.846. The first-order valence-electron chi connectivity index (χ1n) is 6.06. The predicted octanol–water partition coefficient (Wildman–Crippen LogP) is 1.97. The van der Waals surface area contributed by atoms with E-state index in [9.17, 15) is 4.79 Å². The third-order valence-electron chi connectivity index (χ3n) is 2.68. The Balaban J connectivity index is 2.14. The van der Waals surface area contributed by atoms with E-state index in [0.29, 0.717) is 12.4 Å². The normalized spacial score (nSPS) is 11.9. The summed E-state index contributed by atoms with van der Waals surface area (Å²) in [5.74, 6) is 0.311. The molecule has 2 aromatic rings. The van der Waals surface area contributed by atoms with Gasteiger partial charge in [-0.1, -0.05) is 22.0 Å². The minimum absolute atomic E-state index is 0.176. The van der Waals surface area contributed by atoms with E-state index in [4.69, 9.17) is 0 Å². The molecule has 1 heterocycles. The van der Waals surface area contributed by atoms with Crippen molar-refractivity contribution in [2.45, 2.75) is 13.0 Å². The van der Waals surface area contributed by atoms with Crippen LogP contribution in [0.1, 0.15) is 13.0 Å². The van der Waals surface area contributed by atoms with Crippen molar-refractivity contribution in [2.24, 2.45) is 0 Å². The Labute approximate surface area is 125 Å². The van der Waals surface area contributed by atoms with E-state index in [1.165, 1.54) is 4.80 Å². The van der Waals surface area contributed by atoms with Crippen LogP contribution in [-0.4, -0.2) is 32.7 Å². The van der Waals surface area contributed by atoms with Crippen LogP contribution in [0.25, 0.3) is 11.4 Å². The highest BCUT2D eigenvalue weighted by molar-refractivity contribution is 9.10. The number of aromatic nitrogens is 4. The topological polar surface area (TPSA) is 72.7 Å². The molecule has 0 fully saturated rings. The second-order valence-corrected chi connectivity index (χ2v) is 5.07. The Morgan fingerprint density at radius 3 is 2.85 bits per heavy atom. The maximum Gasteiger partial charge on any atom is 0.246 e. The van der Waals surface area contributed by atoms with Crippen molar-refractivity contribution in [3.63, 3.8) is 0 Å². The van der Waals surface area contributed by atoms with Gasteiger partial charge in [0.05, 0.1) is 0 Å². The second kappa shape index (κ2) is 6.42. The number of nitrogens with zero attached hydrogens (tertiary/aromatic N) is 4.